The van der Waals surface area contributed by atoms with E-state index >= 15 is 0 Å². The molecule has 1 atom stereocenters. The van der Waals surface area contributed by atoms with E-state index in [4.69, 9.17) is 11.6 Å². The van der Waals surface area contributed by atoms with E-state index in [0.29, 0.717) is 5.56 Å². The van der Waals surface area contributed by atoms with Crippen LogP contribution in [-0.2, 0) is 0 Å². The van der Waals surface area contributed by atoms with Crippen molar-refractivity contribution in [2.45, 2.75) is 26.3 Å². The molecule has 1 N–H and O–H groups in total. The van der Waals surface area contributed by atoms with Gasteiger partial charge in [0, 0.05) is 10.7 Å². The highest BCUT2D eigenvalue weighted by molar-refractivity contribution is 6.30. The number of rotatable bonds is 4. The predicted octanol–water partition coefficient (Wildman–Crippen LogP) is 5.35. The molecule has 1 nitrogen and oxygen atoms in total. The van der Waals surface area contributed by atoms with Crippen molar-refractivity contribution in [1.29, 1.82) is 0 Å². The Bertz CT molecular complexity index is 551. The summed E-state index contributed by atoms with van der Waals surface area (Å²) in [7, 11) is 0. The Hall–Kier alpha value is -1.54. The maximum Gasteiger partial charge on any atom is 0.126 e. The van der Waals surface area contributed by atoms with Gasteiger partial charge < -0.3 is 5.32 Å². The minimum Gasteiger partial charge on any atom is -0.378 e. The summed E-state index contributed by atoms with van der Waals surface area (Å²) in [6.07, 6.45) is 0.943. The zero-order chi connectivity index (χ0) is 13.8. The molecule has 0 aliphatic heterocycles. The Morgan fingerprint density at radius 3 is 2.42 bits per heavy atom. The number of nitrogens with one attached hydrogen (secondary N) is 1. The lowest BCUT2D eigenvalue weighted by molar-refractivity contribution is 0.618. The molecule has 0 saturated heterocycles. The van der Waals surface area contributed by atoms with Gasteiger partial charge in [-0.2, -0.15) is 0 Å². The molecule has 2 rings (SSSR count). The molecule has 2 aromatic carbocycles. The monoisotopic (exact) mass is 277 g/mol. The average Bonchev–Trinajstić information content (AvgIpc) is 2.41. The Morgan fingerprint density at radius 1 is 1.16 bits per heavy atom. The fraction of sp³-hybridized carbons (Fsp3) is 0.250. The van der Waals surface area contributed by atoms with E-state index in [1.165, 1.54) is 11.6 Å². The molecule has 1 unspecified atom stereocenters. The standard InChI is InChI=1S/C16H17ClFN/c1-3-16(12-4-6-13(17)7-5-12)19-14-8-9-15(18)11(2)10-14/h4-10,16,19H,3H2,1-2H3. The smallest absolute Gasteiger partial charge is 0.126 e. The van der Waals surface area contributed by atoms with Crippen LogP contribution in [0.15, 0.2) is 42.5 Å². The Morgan fingerprint density at radius 2 is 1.84 bits per heavy atom. The van der Waals surface area contributed by atoms with Crippen LogP contribution in [0.4, 0.5) is 10.1 Å². The maximum absolute atomic E-state index is 13.2. The first-order valence-electron chi connectivity index (χ1n) is 6.38. The van der Waals surface area contributed by atoms with Gasteiger partial charge in [0.25, 0.3) is 0 Å². The van der Waals surface area contributed by atoms with Crippen LogP contribution in [0.3, 0.4) is 0 Å². The van der Waals surface area contributed by atoms with E-state index in [-0.39, 0.29) is 11.9 Å². The second-order valence-corrected chi connectivity index (χ2v) is 5.06. The van der Waals surface area contributed by atoms with Crippen molar-refractivity contribution >= 4 is 17.3 Å². The van der Waals surface area contributed by atoms with Crippen LogP contribution in [0.25, 0.3) is 0 Å². The Labute approximate surface area is 118 Å². The van der Waals surface area contributed by atoms with Gasteiger partial charge in [0.05, 0.1) is 6.04 Å². The van der Waals surface area contributed by atoms with Gasteiger partial charge in [-0.05, 0) is 54.8 Å². The number of anilines is 1. The van der Waals surface area contributed by atoms with Gasteiger partial charge in [0.1, 0.15) is 5.82 Å². The second kappa shape index (κ2) is 6.07. The molecule has 3 heteroatoms. The van der Waals surface area contributed by atoms with E-state index in [0.717, 1.165) is 17.1 Å². The fourth-order valence-corrected chi connectivity index (χ4v) is 2.18. The molecule has 0 fully saturated rings. The first kappa shape index (κ1) is 13.9. The summed E-state index contributed by atoms with van der Waals surface area (Å²) in [6.45, 7) is 3.88. The van der Waals surface area contributed by atoms with Crippen LogP contribution in [0.1, 0.15) is 30.5 Å². The molecule has 0 aromatic heterocycles. The number of benzene rings is 2. The van der Waals surface area contributed by atoms with Gasteiger partial charge in [0.2, 0.25) is 0 Å². The first-order valence-corrected chi connectivity index (χ1v) is 6.76. The molecule has 0 aliphatic carbocycles. The number of halogens is 2. The van der Waals surface area contributed by atoms with Crippen molar-refractivity contribution in [3.05, 3.63) is 64.4 Å². The van der Waals surface area contributed by atoms with Crippen LogP contribution < -0.4 is 5.32 Å². The fourth-order valence-electron chi connectivity index (χ4n) is 2.05. The minimum absolute atomic E-state index is 0.176. The quantitative estimate of drug-likeness (QED) is 0.794. The predicted molar refractivity (Wildman–Crippen MR) is 79.2 cm³/mol. The highest BCUT2D eigenvalue weighted by Crippen LogP contribution is 2.24. The maximum atomic E-state index is 13.2. The van der Waals surface area contributed by atoms with E-state index < -0.39 is 0 Å². The lowest BCUT2D eigenvalue weighted by Gasteiger charge is -2.19. The van der Waals surface area contributed by atoms with Crippen LogP contribution >= 0.6 is 11.6 Å². The van der Waals surface area contributed by atoms with Gasteiger partial charge in [0.15, 0.2) is 0 Å². The Balaban J connectivity index is 2.18. The summed E-state index contributed by atoms with van der Waals surface area (Å²) >= 11 is 5.90. The number of aryl methyl sites for hydroxylation is 1. The van der Waals surface area contributed by atoms with Crippen molar-refractivity contribution in [2.24, 2.45) is 0 Å². The van der Waals surface area contributed by atoms with Crippen molar-refractivity contribution in [3.8, 4) is 0 Å². The summed E-state index contributed by atoms with van der Waals surface area (Å²) in [5.41, 5.74) is 2.76. The topological polar surface area (TPSA) is 12.0 Å². The molecule has 0 heterocycles. The van der Waals surface area contributed by atoms with E-state index in [2.05, 4.69) is 12.2 Å². The molecule has 2 aromatic rings. The molecule has 0 amide bonds. The normalized spacial score (nSPS) is 12.2. The van der Waals surface area contributed by atoms with Gasteiger partial charge >= 0.3 is 0 Å². The molecular formula is C16H17ClFN. The van der Waals surface area contributed by atoms with Gasteiger partial charge in [-0.15, -0.1) is 0 Å². The lowest BCUT2D eigenvalue weighted by Crippen LogP contribution is -2.09. The van der Waals surface area contributed by atoms with Crippen molar-refractivity contribution in [2.75, 3.05) is 5.32 Å². The molecule has 0 spiro atoms. The zero-order valence-electron chi connectivity index (χ0n) is 11.1. The van der Waals surface area contributed by atoms with Crippen LogP contribution in [0.5, 0.6) is 0 Å². The molecular weight excluding hydrogens is 261 g/mol. The first-order chi connectivity index (χ1) is 9.10. The molecule has 0 bridgehead atoms. The van der Waals surface area contributed by atoms with Crippen molar-refractivity contribution in [3.63, 3.8) is 0 Å². The molecule has 19 heavy (non-hydrogen) atoms. The van der Waals surface area contributed by atoms with Crippen LogP contribution in [0, 0.1) is 12.7 Å². The van der Waals surface area contributed by atoms with E-state index in [9.17, 15) is 4.39 Å². The summed E-state index contributed by atoms with van der Waals surface area (Å²) in [5, 5.41) is 4.16. The van der Waals surface area contributed by atoms with Gasteiger partial charge in [-0.1, -0.05) is 30.7 Å². The highest BCUT2D eigenvalue weighted by Gasteiger charge is 2.09. The Kier molecular flexibility index (Phi) is 4.43. The molecule has 0 radical (unpaired) electrons. The van der Waals surface area contributed by atoms with Gasteiger partial charge in [-0.3, -0.25) is 0 Å². The average molecular weight is 278 g/mol. The highest BCUT2D eigenvalue weighted by atomic mass is 35.5. The SMILES string of the molecule is CCC(Nc1ccc(F)c(C)c1)c1ccc(Cl)cc1. The zero-order valence-corrected chi connectivity index (χ0v) is 11.8. The summed E-state index contributed by atoms with van der Waals surface area (Å²) in [5.74, 6) is -0.176. The minimum atomic E-state index is -0.176. The van der Waals surface area contributed by atoms with E-state index in [1.807, 2.05) is 30.3 Å². The molecule has 0 aliphatic rings. The van der Waals surface area contributed by atoms with Crippen LogP contribution in [0.2, 0.25) is 5.02 Å². The summed E-state index contributed by atoms with van der Waals surface area (Å²) in [4.78, 5) is 0. The third-order valence-corrected chi connectivity index (χ3v) is 3.43. The number of hydrogen-bond acceptors (Lipinski definition) is 1. The molecule has 0 saturated carbocycles. The largest absolute Gasteiger partial charge is 0.378 e. The molecule has 100 valence electrons. The number of hydrogen-bond donors (Lipinski definition) is 1. The second-order valence-electron chi connectivity index (χ2n) is 4.62. The lowest BCUT2D eigenvalue weighted by atomic mass is 10.0. The van der Waals surface area contributed by atoms with Crippen molar-refractivity contribution in [1.82, 2.24) is 0 Å². The van der Waals surface area contributed by atoms with Gasteiger partial charge in [-0.25, -0.2) is 4.39 Å². The third kappa shape index (κ3) is 3.48. The van der Waals surface area contributed by atoms with Crippen molar-refractivity contribution < 1.29 is 4.39 Å². The van der Waals surface area contributed by atoms with Crippen LogP contribution in [-0.4, -0.2) is 0 Å². The summed E-state index contributed by atoms with van der Waals surface area (Å²) in [6, 6.07) is 13.1. The summed E-state index contributed by atoms with van der Waals surface area (Å²) < 4.78 is 13.2. The van der Waals surface area contributed by atoms with E-state index in [1.54, 1.807) is 13.0 Å². The third-order valence-electron chi connectivity index (χ3n) is 3.18.